The van der Waals surface area contributed by atoms with E-state index in [4.69, 9.17) is 5.73 Å². The molecule has 1 aliphatic heterocycles. The van der Waals surface area contributed by atoms with E-state index in [1.165, 1.54) is 15.6 Å². The van der Waals surface area contributed by atoms with E-state index in [9.17, 15) is 13.5 Å². The monoisotopic (exact) mass is 304 g/mol. The number of sulfonamides is 1. The zero-order valence-electron chi connectivity index (χ0n) is 10.9. The molecule has 2 heterocycles. The highest BCUT2D eigenvalue weighted by Crippen LogP contribution is 2.28. The summed E-state index contributed by atoms with van der Waals surface area (Å²) < 4.78 is 26.8. The minimum Gasteiger partial charge on any atom is -0.393 e. The van der Waals surface area contributed by atoms with Crippen LogP contribution in [-0.2, 0) is 16.4 Å². The van der Waals surface area contributed by atoms with E-state index in [2.05, 4.69) is 0 Å². The normalized spacial score (nSPS) is 25.6. The molecule has 1 aromatic heterocycles. The Labute approximate surface area is 118 Å². The van der Waals surface area contributed by atoms with Crippen LogP contribution in [-0.4, -0.2) is 43.6 Å². The molecule has 2 rings (SSSR count). The smallest absolute Gasteiger partial charge is 0.252 e. The van der Waals surface area contributed by atoms with Gasteiger partial charge < -0.3 is 10.8 Å². The van der Waals surface area contributed by atoms with Gasteiger partial charge in [-0.3, -0.25) is 0 Å². The largest absolute Gasteiger partial charge is 0.393 e. The van der Waals surface area contributed by atoms with Crippen LogP contribution >= 0.6 is 11.3 Å². The average Bonchev–Trinajstić information content (AvgIpc) is 2.82. The minimum atomic E-state index is -3.42. The van der Waals surface area contributed by atoms with Crippen molar-refractivity contribution in [1.82, 2.24) is 4.31 Å². The van der Waals surface area contributed by atoms with Crippen molar-refractivity contribution in [2.75, 3.05) is 19.6 Å². The zero-order valence-corrected chi connectivity index (χ0v) is 12.6. The van der Waals surface area contributed by atoms with Gasteiger partial charge in [-0.2, -0.15) is 4.31 Å². The van der Waals surface area contributed by atoms with Gasteiger partial charge in [0.05, 0.1) is 6.10 Å². The molecule has 108 valence electrons. The summed E-state index contributed by atoms with van der Waals surface area (Å²) in [4.78, 5) is 0.992. The van der Waals surface area contributed by atoms with Crippen LogP contribution in [0.2, 0.25) is 0 Å². The second-order valence-corrected chi connectivity index (χ2v) is 8.29. The fraction of sp³-hybridized carbons (Fsp3) is 0.667. The molecule has 2 atom stereocenters. The first-order valence-corrected chi connectivity index (χ1v) is 8.68. The number of rotatable bonds is 4. The van der Waals surface area contributed by atoms with Crippen LogP contribution in [0, 0.1) is 5.92 Å². The van der Waals surface area contributed by atoms with E-state index in [0.717, 1.165) is 4.88 Å². The van der Waals surface area contributed by atoms with Crippen molar-refractivity contribution in [2.24, 2.45) is 11.7 Å². The van der Waals surface area contributed by atoms with Gasteiger partial charge in [-0.25, -0.2) is 8.42 Å². The van der Waals surface area contributed by atoms with Gasteiger partial charge >= 0.3 is 0 Å². The van der Waals surface area contributed by atoms with E-state index in [1.54, 1.807) is 6.07 Å². The van der Waals surface area contributed by atoms with Crippen molar-refractivity contribution in [2.45, 2.75) is 30.1 Å². The molecule has 0 aliphatic carbocycles. The minimum absolute atomic E-state index is 0.0213. The number of nitrogens with two attached hydrogens (primary N) is 1. The molecule has 0 saturated carbocycles. The first-order valence-electron chi connectivity index (χ1n) is 6.42. The van der Waals surface area contributed by atoms with Crippen LogP contribution in [0.3, 0.4) is 0 Å². The van der Waals surface area contributed by atoms with Gasteiger partial charge in [0.1, 0.15) is 4.21 Å². The molecule has 5 nitrogen and oxygen atoms in total. The Morgan fingerprint density at radius 3 is 2.89 bits per heavy atom. The molecule has 0 radical (unpaired) electrons. The molecule has 1 fully saturated rings. The van der Waals surface area contributed by atoms with Gasteiger partial charge in [0.15, 0.2) is 0 Å². The van der Waals surface area contributed by atoms with Crippen molar-refractivity contribution in [1.29, 1.82) is 0 Å². The predicted molar refractivity (Wildman–Crippen MR) is 75.6 cm³/mol. The number of aliphatic hydroxyl groups is 1. The van der Waals surface area contributed by atoms with Gasteiger partial charge in [-0.1, -0.05) is 6.92 Å². The molecular weight excluding hydrogens is 284 g/mol. The second kappa shape index (κ2) is 5.88. The van der Waals surface area contributed by atoms with Crippen LogP contribution in [0.1, 0.15) is 18.2 Å². The summed E-state index contributed by atoms with van der Waals surface area (Å²) >= 11 is 1.29. The number of hydrogen-bond donors (Lipinski definition) is 2. The van der Waals surface area contributed by atoms with E-state index < -0.39 is 16.1 Å². The summed E-state index contributed by atoms with van der Waals surface area (Å²) in [6, 6.07) is 3.48. The molecule has 2 unspecified atom stereocenters. The molecule has 0 bridgehead atoms. The average molecular weight is 304 g/mol. The molecule has 3 N–H and O–H groups in total. The first-order chi connectivity index (χ1) is 8.95. The highest BCUT2D eigenvalue weighted by molar-refractivity contribution is 7.91. The maximum Gasteiger partial charge on any atom is 0.252 e. The Hall–Kier alpha value is -0.470. The Balaban J connectivity index is 2.17. The molecule has 7 heteroatoms. The van der Waals surface area contributed by atoms with Crippen molar-refractivity contribution in [3.8, 4) is 0 Å². The van der Waals surface area contributed by atoms with Gasteiger partial charge in [0, 0.05) is 18.0 Å². The standard InChI is InChI=1S/C12H20N2O3S2/c1-9-8-14(7-5-11(9)15)19(16,17)12-3-2-10(18-12)4-6-13/h2-3,9,11,15H,4-8,13H2,1H3. The van der Waals surface area contributed by atoms with Crippen molar-refractivity contribution in [3.05, 3.63) is 17.0 Å². The van der Waals surface area contributed by atoms with E-state index in [1.807, 2.05) is 13.0 Å². The highest BCUT2D eigenvalue weighted by atomic mass is 32.2. The summed E-state index contributed by atoms with van der Waals surface area (Å²) in [5.41, 5.74) is 5.47. The van der Waals surface area contributed by atoms with Crippen LogP contribution in [0.25, 0.3) is 0 Å². The summed E-state index contributed by atoms with van der Waals surface area (Å²) in [6.45, 7) is 3.17. The maximum absolute atomic E-state index is 12.5. The molecule has 1 aromatic rings. The van der Waals surface area contributed by atoms with Gasteiger partial charge in [0.25, 0.3) is 10.0 Å². The number of nitrogens with zero attached hydrogens (tertiary/aromatic N) is 1. The number of aliphatic hydroxyl groups excluding tert-OH is 1. The van der Waals surface area contributed by atoms with Crippen LogP contribution in [0.5, 0.6) is 0 Å². The summed E-state index contributed by atoms with van der Waals surface area (Å²) in [6.07, 6.45) is 0.805. The molecule has 0 aromatic carbocycles. The van der Waals surface area contributed by atoms with Crippen molar-refractivity contribution < 1.29 is 13.5 Å². The SMILES string of the molecule is CC1CN(S(=O)(=O)c2ccc(CCN)s2)CCC1O. The Morgan fingerprint density at radius 2 is 2.26 bits per heavy atom. The summed E-state index contributed by atoms with van der Waals surface area (Å²) in [7, 11) is -3.42. The highest BCUT2D eigenvalue weighted by Gasteiger charge is 2.33. The first kappa shape index (κ1) is 14.9. The topological polar surface area (TPSA) is 83.6 Å². The molecular formula is C12H20N2O3S2. The quantitative estimate of drug-likeness (QED) is 0.855. The number of piperidine rings is 1. The van der Waals surface area contributed by atoms with Crippen molar-refractivity contribution >= 4 is 21.4 Å². The number of hydrogen-bond acceptors (Lipinski definition) is 5. The van der Waals surface area contributed by atoms with Crippen LogP contribution in [0.4, 0.5) is 0 Å². The lowest BCUT2D eigenvalue weighted by Gasteiger charge is -2.33. The molecule has 19 heavy (non-hydrogen) atoms. The lowest BCUT2D eigenvalue weighted by molar-refractivity contribution is 0.0629. The third kappa shape index (κ3) is 3.17. The summed E-state index contributed by atoms with van der Waals surface area (Å²) in [5, 5.41) is 9.67. The van der Waals surface area contributed by atoms with Gasteiger partial charge in [-0.05, 0) is 37.4 Å². The zero-order chi connectivity index (χ0) is 14.0. The van der Waals surface area contributed by atoms with Crippen molar-refractivity contribution in [3.63, 3.8) is 0 Å². The Kier molecular flexibility index (Phi) is 4.62. The Bertz CT molecular complexity index is 527. The molecule has 0 amide bonds. The van der Waals surface area contributed by atoms with Crippen LogP contribution in [0.15, 0.2) is 16.3 Å². The third-order valence-corrected chi connectivity index (χ3v) is 6.92. The van der Waals surface area contributed by atoms with Gasteiger partial charge in [-0.15, -0.1) is 11.3 Å². The third-order valence-electron chi connectivity index (χ3n) is 3.44. The maximum atomic E-state index is 12.5. The second-order valence-electron chi connectivity index (χ2n) is 4.96. The fourth-order valence-corrected chi connectivity index (χ4v) is 5.29. The summed E-state index contributed by atoms with van der Waals surface area (Å²) in [5.74, 6) is -0.0213. The van der Waals surface area contributed by atoms with E-state index >= 15 is 0 Å². The van der Waals surface area contributed by atoms with E-state index in [0.29, 0.717) is 36.7 Å². The van der Waals surface area contributed by atoms with Gasteiger partial charge in [0.2, 0.25) is 0 Å². The molecule has 0 spiro atoms. The van der Waals surface area contributed by atoms with E-state index in [-0.39, 0.29) is 5.92 Å². The molecule has 1 aliphatic rings. The van der Waals surface area contributed by atoms with Crippen LogP contribution < -0.4 is 5.73 Å². The predicted octanol–water partition coefficient (Wildman–Crippen LogP) is 0.641. The number of thiophene rings is 1. The lowest BCUT2D eigenvalue weighted by Crippen LogP contribution is -2.44. The fourth-order valence-electron chi connectivity index (χ4n) is 2.21. The molecule has 1 saturated heterocycles. The Morgan fingerprint density at radius 1 is 1.53 bits per heavy atom. The lowest BCUT2D eigenvalue weighted by atomic mass is 9.99.